The first-order valence-electron chi connectivity index (χ1n) is 15.0. The van der Waals surface area contributed by atoms with Gasteiger partial charge in [-0.25, -0.2) is 4.79 Å². The number of hydrogen-bond acceptors (Lipinski definition) is 7. The lowest BCUT2D eigenvalue weighted by atomic mass is 10.1. The van der Waals surface area contributed by atoms with Crippen LogP contribution in [-0.4, -0.2) is 63.5 Å². The van der Waals surface area contributed by atoms with Crippen molar-refractivity contribution in [2.24, 2.45) is 5.73 Å². The van der Waals surface area contributed by atoms with Crippen LogP contribution < -0.4 is 20.7 Å². The molecule has 0 spiro atoms. The third-order valence-electron chi connectivity index (χ3n) is 7.64. The number of nitrogens with two attached hydrogens (primary N) is 1. The number of ether oxygens (including phenoxy) is 1. The number of fused-ring (bicyclic) bond motifs is 1. The zero-order chi connectivity index (χ0) is 33.5. The second-order valence-electron chi connectivity index (χ2n) is 11.0. The summed E-state index contributed by atoms with van der Waals surface area (Å²) in [5.41, 5.74) is 9.74. The first kappa shape index (κ1) is 33.6. The van der Waals surface area contributed by atoms with Gasteiger partial charge in [0.25, 0.3) is 5.91 Å². The number of rotatable bonds is 13. The van der Waals surface area contributed by atoms with Gasteiger partial charge in [-0.3, -0.25) is 19.1 Å². The van der Waals surface area contributed by atoms with E-state index in [1.54, 1.807) is 40.8 Å². The highest BCUT2D eigenvalue weighted by molar-refractivity contribution is 7.99. The van der Waals surface area contributed by atoms with Gasteiger partial charge in [0.05, 0.1) is 31.5 Å². The van der Waals surface area contributed by atoms with Gasteiger partial charge in [0, 0.05) is 57.1 Å². The van der Waals surface area contributed by atoms with Gasteiger partial charge in [0.2, 0.25) is 11.8 Å². The topological polar surface area (TPSA) is 157 Å². The predicted molar refractivity (Wildman–Crippen MR) is 180 cm³/mol. The molecular formula is C34H34ClN5O6S. The lowest BCUT2D eigenvalue weighted by Gasteiger charge is -2.30. The maximum Gasteiger partial charge on any atom is 0.326 e. The van der Waals surface area contributed by atoms with Crippen molar-refractivity contribution in [3.05, 3.63) is 94.8 Å². The van der Waals surface area contributed by atoms with Gasteiger partial charge in [-0.15, -0.1) is 11.8 Å². The molecule has 0 saturated heterocycles. The molecule has 0 aliphatic carbocycles. The number of thioether (sulfide) groups is 1. The Bertz CT molecular complexity index is 1810. The number of nitrogens with zero attached hydrogens (tertiary/aromatic N) is 3. The van der Waals surface area contributed by atoms with E-state index in [-0.39, 0.29) is 11.5 Å². The standard InChI is InChI=1S/C34H34ClN5O6S/c1-21-26(35)9-4-11-29(21)46-14-5-12-31(42)40-13-15-47-32-25(8-3-10-28(32)40)24-18-37-39(20-24)19-22-6-2-7-23(16-22)33(43)38-27(34(44)45)17-30(36)41/h2-4,6-11,16,18,20,27H,5,12-15,17,19H2,1H3,(H2,36,41)(H,38,43)(H,44,45)/t27-/m0/s1. The van der Waals surface area contributed by atoms with E-state index in [2.05, 4.69) is 10.4 Å². The summed E-state index contributed by atoms with van der Waals surface area (Å²) in [6, 6.07) is 16.8. The van der Waals surface area contributed by atoms with Crippen LogP contribution in [0.15, 0.2) is 78.0 Å². The molecule has 4 N–H and O–H groups in total. The highest BCUT2D eigenvalue weighted by atomic mass is 35.5. The van der Waals surface area contributed by atoms with Gasteiger partial charge < -0.3 is 25.8 Å². The minimum Gasteiger partial charge on any atom is -0.493 e. The molecule has 0 bridgehead atoms. The highest BCUT2D eigenvalue weighted by Crippen LogP contribution is 2.42. The molecule has 244 valence electrons. The summed E-state index contributed by atoms with van der Waals surface area (Å²) in [6.45, 7) is 3.29. The molecule has 1 atom stereocenters. The summed E-state index contributed by atoms with van der Waals surface area (Å²) in [4.78, 5) is 51.5. The number of carbonyl (C=O) groups is 4. The van der Waals surface area contributed by atoms with Crippen molar-refractivity contribution in [2.75, 3.05) is 23.8 Å². The van der Waals surface area contributed by atoms with Gasteiger partial charge >= 0.3 is 5.97 Å². The van der Waals surface area contributed by atoms with Crippen LogP contribution in [0.4, 0.5) is 5.69 Å². The molecule has 47 heavy (non-hydrogen) atoms. The van der Waals surface area contributed by atoms with Crippen LogP contribution in [0.5, 0.6) is 5.75 Å². The van der Waals surface area contributed by atoms with E-state index in [9.17, 15) is 24.3 Å². The van der Waals surface area contributed by atoms with Crippen molar-refractivity contribution in [3.63, 3.8) is 0 Å². The number of carboxylic acid groups (broad SMARTS) is 1. The normalized spacial score (nSPS) is 13.0. The summed E-state index contributed by atoms with van der Waals surface area (Å²) in [6.07, 6.45) is 4.09. The minimum atomic E-state index is -1.42. The third kappa shape index (κ3) is 8.32. The molecule has 0 saturated carbocycles. The SMILES string of the molecule is Cc1c(Cl)cccc1OCCCC(=O)N1CCSc2c(-c3cnn(Cc4cccc(C(=O)N[C@@H](CC(N)=O)C(=O)O)c4)c3)cccc21. The van der Waals surface area contributed by atoms with Crippen LogP contribution in [-0.2, 0) is 20.9 Å². The molecule has 1 aliphatic heterocycles. The number of nitrogens with one attached hydrogen (secondary N) is 1. The second kappa shape index (κ2) is 15.2. The highest BCUT2D eigenvalue weighted by Gasteiger charge is 2.26. The van der Waals surface area contributed by atoms with Crippen molar-refractivity contribution in [2.45, 2.75) is 43.7 Å². The number of carbonyl (C=O) groups excluding carboxylic acids is 3. The molecule has 3 amide bonds. The van der Waals surface area contributed by atoms with E-state index >= 15 is 0 Å². The fourth-order valence-electron chi connectivity index (χ4n) is 5.25. The smallest absolute Gasteiger partial charge is 0.326 e. The Morgan fingerprint density at radius 1 is 1.13 bits per heavy atom. The van der Waals surface area contributed by atoms with Gasteiger partial charge in [0.1, 0.15) is 11.8 Å². The van der Waals surface area contributed by atoms with E-state index in [1.165, 1.54) is 0 Å². The van der Waals surface area contributed by atoms with Crippen molar-refractivity contribution < 1.29 is 29.0 Å². The van der Waals surface area contributed by atoms with Crippen molar-refractivity contribution in [1.82, 2.24) is 15.1 Å². The van der Waals surface area contributed by atoms with Crippen LogP contribution in [0.1, 0.15) is 40.7 Å². The molecule has 5 rings (SSSR count). The maximum atomic E-state index is 13.3. The fourth-order valence-corrected chi connectivity index (χ4v) is 6.56. The lowest BCUT2D eigenvalue weighted by Crippen LogP contribution is -2.43. The van der Waals surface area contributed by atoms with E-state index < -0.39 is 30.2 Å². The molecule has 0 radical (unpaired) electrons. The number of aliphatic carboxylic acids is 1. The molecule has 1 aliphatic rings. The molecule has 0 unspecified atom stereocenters. The number of anilines is 1. The number of aromatic nitrogens is 2. The van der Waals surface area contributed by atoms with Crippen molar-refractivity contribution >= 4 is 52.7 Å². The number of hydrogen-bond donors (Lipinski definition) is 3. The largest absolute Gasteiger partial charge is 0.493 e. The van der Waals surface area contributed by atoms with E-state index in [0.29, 0.717) is 37.6 Å². The minimum absolute atomic E-state index is 0.0408. The van der Waals surface area contributed by atoms with Crippen molar-refractivity contribution in [3.8, 4) is 16.9 Å². The number of primary amides is 1. The van der Waals surface area contributed by atoms with E-state index in [1.807, 2.05) is 60.5 Å². The number of carboxylic acids is 1. The van der Waals surface area contributed by atoms with Crippen LogP contribution in [0.3, 0.4) is 0 Å². The van der Waals surface area contributed by atoms with Gasteiger partial charge in [-0.1, -0.05) is 41.9 Å². The second-order valence-corrected chi connectivity index (χ2v) is 12.5. The van der Waals surface area contributed by atoms with E-state index in [4.69, 9.17) is 22.1 Å². The Hall–Kier alpha value is -4.81. The summed E-state index contributed by atoms with van der Waals surface area (Å²) < 4.78 is 7.62. The Kier molecular flexibility index (Phi) is 10.8. The Morgan fingerprint density at radius 3 is 2.70 bits per heavy atom. The van der Waals surface area contributed by atoms with Gasteiger partial charge in [-0.2, -0.15) is 5.10 Å². The average Bonchev–Trinajstić information content (AvgIpc) is 3.51. The summed E-state index contributed by atoms with van der Waals surface area (Å²) in [5.74, 6) is -1.28. The predicted octanol–water partition coefficient (Wildman–Crippen LogP) is 4.92. The zero-order valence-corrected chi connectivity index (χ0v) is 27.2. The zero-order valence-electron chi connectivity index (χ0n) is 25.6. The lowest BCUT2D eigenvalue weighted by molar-refractivity contribution is -0.140. The fraction of sp³-hybridized carbons (Fsp3) is 0.265. The van der Waals surface area contributed by atoms with Gasteiger partial charge in [-0.05, 0) is 49.2 Å². The summed E-state index contributed by atoms with van der Waals surface area (Å²) in [5, 5.41) is 16.8. The number of amides is 3. The quantitative estimate of drug-likeness (QED) is 0.169. The Labute approximate surface area is 281 Å². The van der Waals surface area contributed by atoms with Crippen LogP contribution >= 0.6 is 23.4 Å². The van der Waals surface area contributed by atoms with Gasteiger partial charge in [0.15, 0.2) is 0 Å². The number of halogens is 1. The molecule has 13 heteroatoms. The Morgan fingerprint density at radius 2 is 1.91 bits per heavy atom. The van der Waals surface area contributed by atoms with Crippen LogP contribution in [0, 0.1) is 6.92 Å². The number of benzene rings is 3. The molecule has 0 fully saturated rings. The summed E-state index contributed by atoms with van der Waals surface area (Å²) >= 11 is 7.89. The summed E-state index contributed by atoms with van der Waals surface area (Å²) in [7, 11) is 0. The molecule has 3 aromatic carbocycles. The molecule has 11 nitrogen and oxygen atoms in total. The molecule has 4 aromatic rings. The van der Waals surface area contributed by atoms with Crippen molar-refractivity contribution in [1.29, 1.82) is 0 Å². The Balaban J connectivity index is 1.23. The third-order valence-corrected chi connectivity index (χ3v) is 9.16. The van der Waals surface area contributed by atoms with Crippen LogP contribution in [0.25, 0.3) is 11.1 Å². The monoisotopic (exact) mass is 675 g/mol. The molecule has 1 aromatic heterocycles. The van der Waals surface area contributed by atoms with E-state index in [0.717, 1.165) is 44.3 Å². The average molecular weight is 676 g/mol. The molecule has 2 heterocycles. The van der Waals surface area contributed by atoms with Crippen LogP contribution in [0.2, 0.25) is 5.02 Å². The first-order chi connectivity index (χ1) is 22.6. The first-order valence-corrected chi connectivity index (χ1v) is 16.3. The molecular weight excluding hydrogens is 642 g/mol. The maximum absolute atomic E-state index is 13.3.